The van der Waals surface area contributed by atoms with Crippen molar-refractivity contribution in [2.24, 2.45) is 0 Å². The lowest BCUT2D eigenvalue weighted by Crippen LogP contribution is -2.42. The first-order valence-electron chi connectivity index (χ1n) is 5.40. The van der Waals surface area contributed by atoms with Gasteiger partial charge in [-0.1, -0.05) is 6.92 Å². The highest BCUT2D eigenvalue weighted by Crippen LogP contribution is 2.22. The molecule has 0 aromatic heterocycles. The van der Waals surface area contributed by atoms with Gasteiger partial charge in [-0.25, -0.2) is 16.8 Å². The molecule has 0 saturated carbocycles. The van der Waals surface area contributed by atoms with E-state index in [1.807, 2.05) is 6.07 Å². The Morgan fingerprint density at radius 1 is 1.35 bits per heavy atom. The number of nitriles is 1. The summed E-state index contributed by atoms with van der Waals surface area (Å²) < 4.78 is 47.8. The van der Waals surface area contributed by atoms with Gasteiger partial charge in [0.15, 0.2) is 0 Å². The Hall–Kier alpha value is -0.650. The topological polar surface area (TPSA) is 95.3 Å². The van der Waals surface area contributed by atoms with Crippen LogP contribution in [-0.4, -0.2) is 51.0 Å². The fourth-order valence-electron chi connectivity index (χ4n) is 1.84. The Balaban J connectivity index is 2.82. The van der Waals surface area contributed by atoms with E-state index in [4.69, 9.17) is 5.26 Å². The molecule has 1 fully saturated rings. The van der Waals surface area contributed by atoms with Gasteiger partial charge >= 0.3 is 0 Å². The summed E-state index contributed by atoms with van der Waals surface area (Å²) in [4.78, 5) is 0. The molecule has 1 saturated heterocycles. The highest BCUT2D eigenvalue weighted by Gasteiger charge is 2.35. The number of hydrogen-bond acceptors (Lipinski definition) is 5. The molecule has 17 heavy (non-hydrogen) atoms. The maximum Gasteiger partial charge on any atom is 0.217 e. The molecule has 0 N–H and O–H groups in total. The second-order valence-corrected chi connectivity index (χ2v) is 8.50. The molecule has 0 aromatic carbocycles. The zero-order valence-electron chi connectivity index (χ0n) is 9.66. The fraction of sp³-hybridized carbons (Fsp3) is 0.889. The minimum absolute atomic E-state index is 0.0823. The van der Waals surface area contributed by atoms with Gasteiger partial charge in [0.1, 0.15) is 16.4 Å². The second-order valence-electron chi connectivity index (χ2n) is 3.98. The lowest BCUT2D eigenvalue weighted by molar-refractivity contribution is 0.445. The molecule has 0 amide bonds. The van der Waals surface area contributed by atoms with Gasteiger partial charge in [-0.3, -0.25) is 0 Å². The molecule has 1 aliphatic heterocycles. The van der Waals surface area contributed by atoms with Crippen molar-refractivity contribution in [3.05, 3.63) is 0 Å². The van der Waals surface area contributed by atoms with Crippen molar-refractivity contribution in [3.8, 4) is 6.07 Å². The molecule has 1 rings (SSSR count). The molecule has 0 bridgehead atoms. The Morgan fingerprint density at radius 2 is 1.88 bits per heavy atom. The number of rotatable bonds is 4. The lowest BCUT2D eigenvalue weighted by atomic mass is 10.2. The molecule has 0 aromatic rings. The second kappa shape index (κ2) is 5.33. The summed E-state index contributed by atoms with van der Waals surface area (Å²) in [7, 11) is -6.61. The van der Waals surface area contributed by atoms with Crippen LogP contribution < -0.4 is 0 Å². The van der Waals surface area contributed by atoms with Crippen molar-refractivity contribution in [3.63, 3.8) is 0 Å². The van der Waals surface area contributed by atoms with Gasteiger partial charge in [-0.15, -0.1) is 0 Å². The zero-order valence-corrected chi connectivity index (χ0v) is 11.3. The summed E-state index contributed by atoms with van der Waals surface area (Å²) in [6.45, 7) is 1.72. The molecule has 8 heteroatoms. The van der Waals surface area contributed by atoms with E-state index in [1.165, 1.54) is 0 Å². The van der Waals surface area contributed by atoms with E-state index in [0.29, 0.717) is 0 Å². The van der Waals surface area contributed by atoms with Crippen molar-refractivity contribution in [2.45, 2.75) is 25.0 Å². The number of sulfonamides is 1. The molecule has 1 heterocycles. The van der Waals surface area contributed by atoms with Crippen LogP contribution in [0.15, 0.2) is 0 Å². The monoisotopic (exact) mass is 280 g/mol. The van der Waals surface area contributed by atoms with E-state index >= 15 is 0 Å². The summed E-state index contributed by atoms with van der Waals surface area (Å²) in [5.41, 5.74) is 0. The average Bonchev–Trinajstić information content (AvgIpc) is 2.25. The largest absolute Gasteiger partial charge is 0.229 e. The minimum atomic E-state index is -3.54. The van der Waals surface area contributed by atoms with Crippen molar-refractivity contribution in [1.29, 1.82) is 5.26 Å². The van der Waals surface area contributed by atoms with Gasteiger partial charge in [0.05, 0.1) is 22.8 Å². The van der Waals surface area contributed by atoms with Gasteiger partial charge in [-0.2, -0.15) is 9.57 Å². The van der Waals surface area contributed by atoms with Gasteiger partial charge in [-0.05, 0) is 12.8 Å². The Morgan fingerprint density at radius 3 is 2.29 bits per heavy atom. The van der Waals surface area contributed by atoms with E-state index in [-0.39, 0.29) is 37.4 Å². The first-order chi connectivity index (χ1) is 7.83. The molecular formula is C9H16N2O4S2. The Bertz CT molecular complexity index is 490. The van der Waals surface area contributed by atoms with Crippen molar-refractivity contribution >= 4 is 19.9 Å². The quantitative estimate of drug-likeness (QED) is 0.661. The predicted octanol–water partition coefficient (Wildman–Crippen LogP) is -0.261. The zero-order chi connectivity index (χ0) is 13.1. The van der Waals surface area contributed by atoms with Crippen LogP contribution in [0.25, 0.3) is 0 Å². The predicted molar refractivity (Wildman–Crippen MR) is 63.5 cm³/mol. The third-order valence-electron chi connectivity index (χ3n) is 2.88. The Kier molecular flexibility index (Phi) is 4.52. The van der Waals surface area contributed by atoms with Crippen LogP contribution in [0.1, 0.15) is 19.8 Å². The van der Waals surface area contributed by atoms with Crippen LogP contribution in [0.4, 0.5) is 0 Å². The first-order valence-corrected chi connectivity index (χ1v) is 8.72. The molecule has 1 aliphatic rings. The van der Waals surface area contributed by atoms with Gasteiger partial charge in [0.25, 0.3) is 0 Å². The maximum absolute atomic E-state index is 12.1. The first kappa shape index (κ1) is 14.4. The average molecular weight is 280 g/mol. The van der Waals surface area contributed by atoms with E-state index in [0.717, 1.165) is 4.31 Å². The van der Waals surface area contributed by atoms with E-state index in [9.17, 15) is 16.8 Å². The van der Waals surface area contributed by atoms with Gasteiger partial charge < -0.3 is 0 Å². The van der Waals surface area contributed by atoms with Crippen LogP contribution in [-0.2, 0) is 19.9 Å². The van der Waals surface area contributed by atoms with Crippen LogP contribution >= 0.6 is 0 Å². The molecule has 0 aliphatic carbocycles. The van der Waals surface area contributed by atoms with Gasteiger partial charge in [0.2, 0.25) is 10.0 Å². The minimum Gasteiger partial charge on any atom is -0.229 e. The van der Waals surface area contributed by atoms with Crippen molar-refractivity contribution < 1.29 is 16.8 Å². The Labute approximate surface area is 102 Å². The van der Waals surface area contributed by atoms with Crippen LogP contribution in [0.5, 0.6) is 0 Å². The van der Waals surface area contributed by atoms with Crippen LogP contribution in [0.3, 0.4) is 0 Å². The highest BCUT2D eigenvalue weighted by atomic mass is 32.2. The van der Waals surface area contributed by atoms with E-state index in [1.54, 1.807) is 6.92 Å². The highest BCUT2D eigenvalue weighted by molar-refractivity contribution is 7.92. The maximum atomic E-state index is 12.1. The number of sulfone groups is 1. The summed E-state index contributed by atoms with van der Waals surface area (Å²) in [5, 5.41) is 7.89. The van der Waals surface area contributed by atoms with E-state index in [2.05, 4.69) is 0 Å². The van der Waals surface area contributed by atoms with Crippen LogP contribution in [0.2, 0.25) is 0 Å². The smallest absolute Gasteiger partial charge is 0.217 e. The fourth-order valence-corrected chi connectivity index (χ4v) is 5.48. The van der Waals surface area contributed by atoms with Crippen molar-refractivity contribution in [1.82, 2.24) is 4.31 Å². The van der Waals surface area contributed by atoms with E-state index < -0.39 is 25.1 Å². The molecule has 0 radical (unpaired) electrons. The third-order valence-corrected chi connectivity index (χ3v) is 7.02. The summed E-state index contributed by atoms with van der Waals surface area (Å²) >= 11 is 0. The molecule has 0 spiro atoms. The molecule has 0 unspecified atom stereocenters. The van der Waals surface area contributed by atoms with Crippen molar-refractivity contribution in [2.75, 3.05) is 24.6 Å². The molecule has 0 atom stereocenters. The molecular weight excluding hydrogens is 264 g/mol. The summed E-state index contributed by atoms with van der Waals surface area (Å²) in [5.74, 6) is -0.165. The van der Waals surface area contributed by atoms with Gasteiger partial charge in [0, 0.05) is 6.54 Å². The number of nitrogens with zero attached hydrogens (tertiary/aromatic N) is 2. The third kappa shape index (κ3) is 3.40. The lowest BCUT2D eigenvalue weighted by Gasteiger charge is -2.27. The number of hydrogen-bond donors (Lipinski definition) is 0. The SMILES string of the molecule is CCN(CC#N)S(=O)(=O)C1CCS(=O)(=O)CC1. The normalized spacial score (nSPS) is 21.2. The molecule has 6 nitrogen and oxygen atoms in total. The summed E-state index contributed by atoms with van der Waals surface area (Å²) in [6.07, 6.45) is 0.263. The summed E-state index contributed by atoms with van der Waals surface area (Å²) in [6, 6.07) is 1.81. The van der Waals surface area contributed by atoms with Crippen LogP contribution in [0, 0.1) is 11.3 Å². The standard InChI is InChI=1S/C9H16N2O4S2/c1-2-11(6-5-10)17(14,15)9-3-7-16(12,13)8-4-9/h9H,2-4,6-8H2,1H3. The molecule has 98 valence electrons.